The van der Waals surface area contributed by atoms with Gasteiger partial charge in [-0.15, -0.1) is 0 Å². The topological polar surface area (TPSA) is 86.2 Å². The van der Waals surface area contributed by atoms with Gasteiger partial charge in [-0.2, -0.15) is 0 Å². The first-order chi connectivity index (χ1) is 10.5. The molecule has 3 heterocycles. The number of H-pyrrole nitrogens is 1. The van der Waals surface area contributed by atoms with Gasteiger partial charge < -0.3 is 14.5 Å². The van der Waals surface area contributed by atoms with Crippen molar-refractivity contribution in [2.45, 2.75) is 44.9 Å². The quantitative estimate of drug-likeness (QED) is 0.864. The van der Waals surface area contributed by atoms with Gasteiger partial charge >= 0.3 is 5.97 Å². The van der Waals surface area contributed by atoms with Crippen molar-refractivity contribution in [1.29, 1.82) is 0 Å². The summed E-state index contributed by atoms with van der Waals surface area (Å²) >= 11 is 0. The van der Waals surface area contributed by atoms with E-state index in [2.05, 4.69) is 9.97 Å². The molecule has 1 saturated heterocycles. The number of rotatable bonds is 3. The van der Waals surface area contributed by atoms with Crippen molar-refractivity contribution < 1.29 is 18.7 Å². The van der Waals surface area contributed by atoms with E-state index >= 15 is 0 Å². The number of alkyl halides is 1. The number of aromatic nitrogens is 3. The van der Waals surface area contributed by atoms with E-state index in [1.165, 1.54) is 24.0 Å². The van der Waals surface area contributed by atoms with Crippen molar-refractivity contribution in [3.63, 3.8) is 0 Å². The highest BCUT2D eigenvalue weighted by atomic mass is 19.1. The fourth-order valence-electron chi connectivity index (χ4n) is 2.74. The molecule has 1 unspecified atom stereocenters. The Morgan fingerprint density at radius 1 is 1.59 bits per heavy atom. The smallest absolute Gasteiger partial charge is 0.303 e. The molecule has 8 heteroatoms. The van der Waals surface area contributed by atoms with Crippen LogP contribution in [0.3, 0.4) is 0 Å². The molecule has 2 aromatic heterocycles. The van der Waals surface area contributed by atoms with Crippen LogP contribution in [-0.2, 0) is 14.3 Å². The van der Waals surface area contributed by atoms with Gasteiger partial charge in [0.25, 0.3) is 5.56 Å². The molecule has 3 rings (SSSR count). The van der Waals surface area contributed by atoms with Gasteiger partial charge in [0.1, 0.15) is 0 Å². The summed E-state index contributed by atoms with van der Waals surface area (Å²) in [5.41, 5.74) is 0.375. The third-order valence-electron chi connectivity index (χ3n) is 3.75. The van der Waals surface area contributed by atoms with Crippen LogP contribution in [0.5, 0.6) is 0 Å². The number of nitrogens with zero attached hydrogens (tertiary/aromatic N) is 2. The van der Waals surface area contributed by atoms with Gasteiger partial charge in [0.05, 0.1) is 17.9 Å². The predicted molar refractivity (Wildman–Crippen MR) is 75.0 cm³/mol. The summed E-state index contributed by atoms with van der Waals surface area (Å²) in [4.78, 5) is 29.5. The number of ether oxygens (including phenoxy) is 2. The van der Waals surface area contributed by atoms with Gasteiger partial charge in [0, 0.05) is 13.1 Å². The summed E-state index contributed by atoms with van der Waals surface area (Å²) in [7, 11) is 0. The summed E-state index contributed by atoms with van der Waals surface area (Å²) in [5, 5.41) is 0. The maximum atomic E-state index is 14.4. The molecule has 118 valence electrons. The number of hydrogen-bond acceptors (Lipinski definition) is 5. The van der Waals surface area contributed by atoms with Crippen molar-refractivity contribution in [3.8, 4) is 0 Å². The lowest BCUT2D eigenvalue weighted by molar-refractivity contribution is -0.154. The van der Waals surface area contributed by atoms with Gasteiger partial charge in [-0.1, -0.05) is 6.92 Å². The molecule has 0 saturated carbocycles. The molecule has 2 aromatic rings. The predicted octanol–water partition coefficient (Wildman–Crippen LogP) is 1.30. The Bertz CT molecular complexity index is 756. The molecule has 1 fully saturated rings. The van der Waals surface area contributed by atoms with Gasteiger partial charge in [0.15, 0.2) is 24.0 Å². The van der Waals surface area contributed by atoms with Crippen LogP contribution in [0.4, 0.5) is 4.39 Å². The Labute approximate surface area is 125 Å². The number of esters is 1. The maximum Gasteiger partial charge on any atom is 0.303 e. The summed E-state index contributed by atoms with van der Waals surface area (Å²) < 4.78 is 26.7. The molecule has 0 radical (unpaired) electrons. The van der Waals surface area contributed by atoms with Crippen molar-refractivity contribution in [3.05, 3.63) is 28.9 Å². The lowest BCUT2D eigenvalue weighted by Gasteiger charge is -2.20. The van der Waals surface area contributed by atoms with Gasteiger partial charge in [-0.25, -0.2) is 9.37 Å². The number of halogens is 1. The minimum Gasteiger partial charge on any atom is -0.454 e. The maximum absolute atomic E-state index is 14.4. The van der Waals surface area contributed by atoms with Crippen molar-refractivity contribution in [2.75, 3.05) is 0 Å². The molecular weight excluding hydrogens is 293 g/mol. The highest BCUT2D eigenvalue weighted by Crippen LogP contribution is 2.36. The number of nitrogens with one attached hydrogen (secondary N) is 1. The van der Waals surface area contributed by atoms with Crippen LogP contribution in [0.2, 0.25) is 0 Å². The molecular formula is C14H16FN3O4. The van der Waals surface area contributed by atoms with E-state index in [-0.39, 0.29) is 11.1 Å². The van der Waals surface area contributed by atoms with Gasteiger partial charge in [-0.05, 0) is 12.5 Å². The van der Waals surface area contributed by atoms with Crippen LogP contribution in [0.15, 0.2) is 23.4 Å². The number of imidazole rings is 1. The third kappa shape index (κ3) is 2.29. The van der Waals surface area contributed by atoms with Crippen LogP contribution in [0.25, 0.3) is 11.0 Å². The van der Waals surface area contributed by atoms with Crippen LogP contribution < -0.4 is 5.56 Å². The standard InChI is InChI=1S/C14H16FN3O4/c1-3-9-10(15)12(21-7(2)19)14(22-9)18-6-17-11-8(18)4-5-16-13(11)20/h4-6,9-10,12,14H,3H2,1-2H3,(H,16,20)/t9-,10+,12-,14?/m1/s1. The van der Waals surface area contributed by atoms with E-state index < -0.39 is 30.6 Å². The number of carbonyl (C=O) groups is 1. The highest BCUT2D eigenvalue weighted by molar-refractivity contribution is 5.73. The molecule has 22 heavy (non-hydrogen) atoms. The fourth-order valence-corrected chi connectivity index (χ4v) is 2.74. The average molecular weight is 309 g/mol. The van der Waals surface area contributed by atoms with Crippen molar-refractivity contribution >= 4 is 17.0 Å². The second kappa shape index (κ2) is 5.53. The van der Waals surface area contributed by atoms with Gasteiger partial charge in [-0.3, -0.25) is 14.2 Å². The molecule has 1 N–H and O–H groups in total. The Morgan fingerprint density at radius 2 is 2.36 bits per heavy atom. The second-order valence-electron chi connectivity index (χ2n) is 5.18. The van der Waals surface area contributed by atoms with E-state index in [1.807, 2.05) is 0 Å². The summed E-state index contributed by atoms with van der Waals surface area (Å²) in [5.74, 6) is -0.583. The minimum atomic E-state index is -1.43. The lowest BCUT2D eigenvalue weighted by Crippen LogP contribution is -2.32. The van der Waals surface area contributed by atoms with Gasteiger partial charge in [0.2, 0.25) is 0 Å². The minimum absolute atomic E-state index is 0.225. The first-order valence-corrected chi connectivity index (χ1v) is 7.04. The third-order valence-corrected chi connectivity index (χ3v) is 3.75. The molecule has 0 aromatic carbocycles. The Balaban J connectivity index is 2.05. The van der Waals surface area contributed by atoms with Crippen LogP contribution in [-0.4, -0.2) is 38.9 Å². The van der Waals surface area contributed by atoms with Crippen molar-refractivity contribution in [2.24, 2.45) is 0 Å². The molecule has 4 atom stereocenters. The first-order valence-electron chi connectivity index (χ1n) is 7.04. The first kappa shape index (κ1) is 14.7. The largest absolute Gasteiger partial charge is 0.454 e. The van der Waals surface area contributed by atoms with Crippen LogP contribution in [0, 0.1) is 0 Å². The van der Waals surface area contributed by atoms with E-state index in [1.54, 1.807) is 13.0 Å². The van der Waals surface area contributed by atoms with E-state index in [0.29, 0.717) is 11.9 Å². The molecule has 0 aliphatic carbocycles. The van der Waals surface area contributed by atoms with Crippen LogP contribution in [0.1, 0.15) is 26.5 Å². The molecule has 1 aliphatic rings. The monoisotopic (exact) mass is 309 g/mol. The lowest BCUT2D eigenvalue weighted by atomic mass is 10.1. The van der Waals surface area contributed by atoms with Crippen molar-refractivity contribution in [1.82, 2.24) is 14.5 Å². The molecule has 0 amide bonds. The SMILES string of the molecule is CC[C@H]1OC(n2cnc3c(=O)[nH]ccc32)[C@H](OC(C)=O)[C@H]1F. The zero-order valence-electron chi connectivity index (χ0n) is 12.2. The Hall–Kier alpha value is -2.22. The Kier molecular flexibility index (Phi) is 3.69. The molecule has 0 bridgehead atoms. The number of hydrogen-bond donors (Lipinski definition) is 1. The summed E-state index contributed by atoms with van der Waals surface area (Å²) in [6.45, 7) is 3.01. The number of fused-ring (bicyclic) bond motifs is 1. The molecule has 1 aliphatic heterocycles. The summed E-state index contributed by atoms with van der Waals surface area (Å²) in [6, 6.07) is 1.64. The average Bonchev–Trinajstić information content (AvgIpc) is 3.02. The van der Waals surface area contributed by atoms with E-state index in [4.69, 9.17) is 9.47 Å². The number of carbonyl (C=O) groups excluding carboxylic acids is 1. The number of aromatic amines is 1. The van der Waals surface area contributed by atoms with E-state index in [9.17, 15) is 14.0 Å². The fraction of sp³-hybridized carbons (Fsp3) is 0.500. The van der Waals surface area contributed by atoms with Crippen LogP contribution >= 0.6 is 0 Å². The second-order valence-corrected chi connectivity index (χ2v) is 5.18. The normalized spacial score (nSPS) is 28.1. The molecule has 7 nitrogen and oxygen atoms in total. The zero-order valence-corrected chi connectivity index (χ0v) is 12.2. The summed E-state index contributed by atoms with van der Waals surface area (Å²) in [6.07, 6.45) is -0.709. The zero-order chi connectivity index (χ0) is 15.9. The Morgan fingerprint density at radius 3 is 3.05 bits per heavy atom. The number of pyridine rings is 1. The highest BCUT2D eigenvalue weighted by Gasteiger charge is 2.47. The van der Waals surface area contributed by atoms with E-state index in [0.717, 1.165) is 0 Å². The molecule has 0 spiro atoms.